The van der Waals surface area contributed by atoms with Crippen molar-refractivity contribution in [3.63, 3.8) is 0 Å². The number of ether oxygens (including phenoxy) is 1. The highest BCUT2D eigenvalue weighted by Crippen LogP contribution is 2.33. The fourth-order valence-electron chi connectivity index (χ4n) is 2.69. The number of rotatable bonds is 5. The number of halogens is 1. The van der Waals surface area contributed by atoms with Gasteiger partial charge >= 0.3 is 0 Å². The SMILES string of the molecule is CC(C)(C)c1cc(Cl)ccc1OCCCN1CCCC1. The van der Waals surface area contributed by atoms with Crippen molar-refractivity contribution in [1.29, 1.82) is 0 Å². The van der Waals surface area contributed by atoms with Gasteiger partial charge in [-0.15, -0.1) is 0 Å². The van der Waals surface area contributed by atoms with E-state index in [-0.39, 0.29) is 5.41 Å². The Hall–Kier alpha value is -0.730. The summed E-state index contributed by atoms with van der Waals surface area (Å²) in [6.07, 6.45) is 3.80. The van der Waals surface area contributed by atoms with Crippen LogP contribution in [0, 0.1) is 0 Å². The summed E-state index contributed by atoms with van der Waals surface area (Å²) in [5.41, 5.74) is 1.24. The predicted octanol–water partition coefficient (Wildman–Crippen LogP) is 4.50. The Kier molecular flexibility index (Phi) is 5.34. The van der Waals surface area contributed by atoms with Crippen LogP contribution in [0.5, 0.6) is 5.75 Å². The van der Waals surface area contributed by atoms with Crippen molar-refractivity contribution in [3.8, 4) is 5.75 Å². The summed E-state index contributed by atoms with van der Waals surface area (Å²) in [4.78, 5) is 2.52. The Bertz CT molecular complexity index is 433. The minimum absolute atomic E-state index is 0.0508. The zero-order valence-electron chi connectivity index (χ0n) is 12.9. The second-order valence-electron chi connectivity index (χ2n) is 6.64. The van der Waals surface area contributed by atoms with Crippen molar-refractivity contribution in [2.24, 2.45) is 0 Å². The molecule has 3 heteroatoms. The van der Waals surface area contributed by atoms with E-state index in [0.717, 1.165) is 30.3 Å². The summed E-state index contributed by atoms with van der Waals surface area (Å²) in [5.74, 6) is 0.975. The first-order valence-electron chi connectivity index (χ1n) is 7.62. The number of likely N-dealkylation sites (tertiary alicyclic amines) is 1. The second-order valence-corrected chi connectivity index (χ2v) is 7.08. The van der Waals surface area contributed by atoms with Gasteiger partial charge in [0.2, 0.25) is 0 Å². The first-order chi connectivity index (χ1) is 9.47. The van der Waals surface area contributed by atoms with Crippen molar-refractivity contribution in [3.05, 3.63) is 28.8 Å². The molecule has 0 aliphatic carbocycles. The summed E-state index contributed by atoms with van der Waals surface area (Å²) in [6, 6.07) is 5.93. The third-order valence-electron chi connectivity index (χ3n) is 3.82. The first-order valence-corrected chi connectivity index (χ1v) is 8.00. The second kappa shape index (κ2) is 6.82. The summed E-state index contributed by atoms with van der Waals surface area (Å²) in [6.45, 7) is 11.0. The van der Waals surface area contributed by atoms with E-state index < -0.39 is 0 Å². The van der Waals surface area contributed by atoms with Gasteiger partial charge in [-0.25, -0.2) is 0 Å². The van der Waals surface area contributed by atoms with Crippen molar-refractivity contribution in [1.82, 2.24) is 4.90 Å². The smallest absolute Gasteiger partial charge is 0.123 e. The van der Waals surface area contributed by atoms with Crippen LogP contribution in [0.3, 0.4) is 0 Å². The van der Waals surface area contributed by atoms with Gasteiger partial charge < -0.3 is 9.64 Å². The Labute approximate surface area is 128 Å². The fraction of sp³-hybridized carbons (Fsp3) is 0.647. The molecule has 112 valence electrons. The van der Waals surface area contributed by atoms with Gasteiger partial charge in [0, 0.05) is 17.1 Å². The van der Waals surface area contributed by atoms with Gasteiger partial charge in [-0.05, 0) is 56.0 Å². The maximum atomic E-state index is 6.11. The quantitative estimate of drug-likeness (QED) is 0.742. The topological polar surface area (TPSA) is 12.5 Å². The highest BCUT2D eigenvalue weighted by Gasteiger charge is 2.19. The molecule has 0 atom stereocenters. The van der Waals surface area contributed by atoms with E-state index in [1.54, 1.807) is 0 Å². The van der Waals surface area contributed by atoms with Crippen LogP contribution in [0.25, 0.3) is 0 Å². The van der Waals surface area contributed by atoms with E-state index in [1.165, 1.54) is 31.5 Å². The number of hydrogen-bond acceptors (Lipinski definition) is 2. The minimum Gasteiger partial charge on any atom is -0.493 e. The minimum atomic E-state index is 0.0508. The van der Waals surface area contributed by atoms with Gasteiger partial charge in [0.05, 0.1) is 6.61 Å². The molecule has 1 aliphatic heterocycles. The molecule has 0 radical (unpaired) electrons. The Morgan fingerprint density at radius 1 is 1.20 bits per heavy atom. The monoisotopic (exact) mass is 295 g/mol. The van der Waals surface area contributed by atoms with Crippen LogP contribution in [0.15, 0.2) is 18.2 Å². The normalized spacial score (nSPS) is 16.6. The van der Waals surface area contributed by atoms with Gasteiger partial charge in [-0.2, -0.15) is 0 Å². The molecule has 0 bridgehead atoms. The van der Waals surface area contributed by atoms with Crippen LogP contribution in [-0.4, -0.2) is 31.1 Å². The third-order valence-corrected chi connectivity index (χ3v) is 4.06. The highest BCUT2D eigenvalue weighted by atomic mass is 35.5. The molecule has 1 aromatic carbocycles. The summed E-state index contributed by atoms with van der Waals surface area (Å²) >= 11 is 6.11. The molecule has 1 saturated heterocycles. The number of hydrogen-bond donors (Lipinski definition) is 0. The summed E-state index contributed by atoms with van der Waals surface area (Å²) < 4.78 is 5.99. The molecule has 1 fully saturated rings. The van der Waals surface area contributed by atoms with Gasteiger partial charge in [-0.3, -0.25) is 0 Å². The highest BCUT2D eigenvalue weighted by molar-refractivity contribution is 6.30. The summed E-state index contributed by atoms with van der Waals surface area (Å²) in [7, 11) is 0. The first kappa shape index (κ1) is 15.7. The third kappa shape index (κ3) is 4.39. The molecule has 0 aromatic heterocycles. The molecule has 20 heavy (non-hydrogen) atoms. The molecular weight excluding hydrogens is 270 g/mol. The molecule has 1 heterocycles. The molecule has 0 N–H and O–H groups in total. The Morgan fingerprint density at radius 2 is 1.90 bits per heavy atom. The van der Waals surface area contributed by atoms with Crippen molar-refractivity contribution in [2.45, 2.75) is 45.4 Å². The lowest BCUT2D eigenvalue weighted by molar-refractivity contribution is 0.259. The maximum absolute atomic E-state index is 6.11. The molecule has 2 rings (SSSR count). The van der Waals surface area contributed by atoms with Gasteiger partial charge in [-0.1, -0.05) is 32.4 Å². The van der Waals surface area contributed by atoms with Crippen LogP contribution in [0.2, 0.25) is 5.02 Å². The molecule has 0 unspecified atom stereocenters. The van der Waals surface area contributed by atoms with Crippen LogP contribution in [0.4, 0.5) is 0 Å². The number of nitrogens with zero attached hydrogens (tertiary/aromatic N) is 1. The van der Waals surface area contributed by atoms with Crippen LogP contribution >= 0.6 is 11.6 Å². The van der Waals surface area contributed by atoms with E-state index in [9.17, 15) is 0 Å². The Balaban J connectivity index is 1.88. The lowest BCUT2D eigenvalue weighted by Crippen LogP contribution is -2.22. The summed E-state index contributed by atoms with van der Waals surface area (Å²) in [5, 5.41) is 0.777. The molecule has 0 spiro atoms. The lowest BCUT2D eigenvalue weighted by Gasteiger charge is -2.23. The van der Waals surface area contributed by atoms with Gasteiger partial charge in [0.15, 0.2) is 0 Å². The average molecular weight is 296 g/mol. The number of benzene rings is 1. The molecule has 0 amide bonds. The largest absolute Gasteiger partial charge is 0.493 e. The van der Waals surface area contributed by atoms with Gasteiger partial charge in [0.25, 0.3) is 0 Å². The zero-order valence-corrected chi connectivity index (χ0v) is 13.7. The van der Waals surface area contributed by atoms with Crippen LogP contribution < -0.4 is 4.74 Å². The maximum Gasteiger partial charge on any atom is 0.123 e. The van der Waals surface area contributed by atoms with Crippen molar-refractivity contribution in [2.75, 3.05) is 26.2 Å². The van der Waals surface area contributed by atoms with Gasteiger partial charge in [0.1, 0.15) is 5.75 Å². The fourth-order valence-corrected chi connectivity index (χ4v) is 2.86. The van der Waals surface area contributed by atoms with E-state index in [4.69, 9.17) is 16.3 Å². The van der Waals surface area contributed by atoms with Crippen LogP contribution in [0.1, 0.15) is 45.6 Å². The van der Waals surface area contributed by atoms with E-state index in [2.05, 4.69) is 25.7 Å². The lowest BCUT2D eigenvalue weighted by atomic mass is 9.86. The molecule has 2 nitrogen and oxygen atoms in total. The Morgan fingerprint density at radius 3 is 2.55 bits per heavy atom. The van der Waals surface area contributed by atoms with E-state index in [0.29, 0.717) is 0 Å². The molecule has 1 aromatic rings. The van der Waals surface area contributed by atoms with Crippen molar-refractivity contribution >= 4 is 11.6 Å². The van der Waals surface area contributed by atoms with Crippen molar-refractivity contribution < 1.29 is 4.74 Å². The zero-order chi connectivity index (χ0) is 14.6. The predicted molar refractivity (Wildman–Crippen MR) is 85.9 cm³/mol. The van der Waals surface area contributed by atoms with E-state index in [1.807, 2.05) is 18.2 Å². The molecule has 1 aliphatic rings. The average Bonchev–Trinajstić information content (AvgIpc) is 2.88. The van der Waals surface area contributed by atoms with E-state index >= 15 is 0 Å². The molecular formula is C17H26ClNO. The van der Waals surface area contributed by atoms with Crippen LogP contribution in [-0.2, 0) is 5.41 Å². The standard InChI is InChI=1S/C17H26ClNO/c1-17(2,3)15-13-14(18)7-8-16(15)20-12-6-11-19-9-4-5-10-19/h7-8,13H,4-6,9-12H2,1-3H3. The molecule has 0 saturated carbocycles.